The molecule has 2 fully saturated rings. The van der Waals surface area contributed by atoms with Crippen LogP contribution in [0.4, 0.5) is 0 Å². The number of hydrogen-bond donors (Lipinski definition) is 0. The van der Waals surface area contributed by atoms with Crippen molar-refractivity contribution < 1.29 is 14.3 Å². The zero-order chi connectivity index (χ0) is 14.8. The van der Waals surface area contributed by atoms with E-state index >= 15 is 0 Å². The molecule has 108 valence electrons. The quantitative estimate of drug-likeness (QED) is 0.450. The predicted molar refractivity (Wildman–Crippen MR) is 76.7 cm³/mol. The van der Waals surface area contributed by atoms with Crippen molar-refractivity contribution >= 4 is 11.8 Å². The van der Waals surface area contributed by atoms with Crippen LogP contribution in [-0.2, 0) is 14.3 Å². The number of hydrogen-bond acceptors (Lipinski definition) is 3. The second-order valence-electron chi connectivity index (χ2n) is 6.35. The number of ether oxygens (including phenoxy) is 1. The second-order valence-corrected chi connectivity index (χ2v) is 6.35. The fourth-order valence-corrected chi connectivity index (χ4v) is 2.97. The normalized spacial score (nSPS) is 28.9. The Morgan fingerprint density at radius 1 is 1.45 bits per heavy atom. The number of allylic oxidation sites excluding steroid dienone is 2. The summed E-state index contributed by atoms with van der Waals surface area (Å²) < 4.78 is 5.27. The van der Waals surface area contributed by atoms with Gasteiger partial charge < -0.3 is 4.74 Å². The summed E-state index contributed by atoms with van der Waals surface area (Å²) in [5.74, 6) is 6.38. The SMILES string of the molecule is CC#CCC(C)(C)C(=O)C=C[C@H]1CC[C@@H]2OC(=O)C[C@@H]21. The predicted octanol–water partition coefficient (Wildman–Crippen LogP) is 2.89. The Bertz CT molecular complexity index is 490. The summed E-state index contributed by atoms with van der Waals surface area (Å²) >= 11 is 0. The molecule has 1 saturated heterocycles. The van der Waals surface area contributed by atoms with Crippen molar-refractivity contribution in [3.63, 3.8) is 0 Å². The van der Waals surface area contributed by atoms with E-state index in [4.69, 9.17) is 4.74 Å². The summed E-state index contributed by atoms with van der Waals surface area (Å²) in [5, 5.41) is 0. The molecule has 0 aromatic carbocycles. The summed E-state index contributed by atoms with van der Waals surface area (Å²) in [4.78, 5) is 23.5. The van der Waals surface area contributed by atoms with E-state index in [0.717, 1.165) is 12.8 Å². The molecule has 20 heavy (non-hydrogen) atoms. The van der Waals surface area contributed by atoms with E-state index in [-0.39, 0.29) is 23.8 Å². The third-order valence-corrected chi connectivity index (χ3v) is 4.37. The van der Waals surface area contributed by atoms with Crippen molar-refractivity contribution in [2.75, 3.05) is 0 Å². The molecule has 3 heteroatoms. The first-order valence-electron chi connectivity index (χ1n) is 7.26. The Morgan fingerprint density at radius 2 is 2.20 bits per heavy atom. The standard InChI is InChI=1S/C17H22O3/c1-4-5-10-17(2,3)15(18)9-7-12-6-8-14-13(12)11-16(19)20-14/h7,9,12-14H,6,8,10-11H2,1-3H3/t12-,13-,14+/m1/s1. The Hall–Kier alpha value is -1.56. The van der Waals surface area contributed by atoms with E-state index in [0.29, 0.717) is 18.8 Å². The molecule has 3 atom stereocenters. The third kappa shape index (κ3) is 3.12. The molecule has 0 bridgehead atoms. The van der Waals surface area contributed by atoms with Crippen molar-refractivity contribution in [1.29, 1.82) is 0 Å². The monoisotopic (exact) mass is 274 g/mol. The average Bonchev–Trinajstić information content (AvgIpc) is 2.93. The first-order chi connectivity index (χ1) is 9.44. The first-order valence-corrected chi connectivity index (χ1v) is 7.26. The molecular weight excluding hydrogens is 252 g/mol. The summed E-state index contributed by atoms with van der Waals surface area (Å²) in [7, 11) is 0. The van der Waals surface area contributed by atoms with Gasteiger partial charge in [-0.05, 0) is 31.8 Å². The molecule has 0 unspecified atom stereocenters. The molecule has 0 aromatic heterocycles. The highest BCUT2D eigenvalue weighted by molar-refractivity contribution is 5.94. The van der Waals surface area contributed by atoms with Gasteiger partial charge in [-0.25, -0.2) is 0 Å². The molecule has 0 radical (unpaired) electrons. The summed E-state index contributed by atoms with van der Waals surface area (Å²) in [6, 6.07) is 0. The summed E-state index contributed by atoms with van der Waals surface area (Å²) in [6.07, 6.45) is 6.74. The molecule has 2 aliphatic rings. The van der Waals surface area contributed by atoms with Gasteiger partial charge in [-0.2, -0.15) is 0 Å². The van der Waals surface area contributed by atoms with Crippen LogP contribution < -0.4 is 0 Å². The van der Waals surface area contributed by atoms with E-state index in [2.05, 4.69) is 11.8 Å². The van der Waals surface area contributed by atoms with E-state index in [1.807, 2.05) is 19.9 Å². The molecule has 0 spiro atoms. The molecule has 0 N–H and O–H groups in total. The van der Waals surface area contributed by atoms with Crippen LogP contribution in [0.3, 0.4) is 0 Å². The molecule has 1 heterocycles. The van der Waals surface area contributed by atoms with Crippen molar-refractivity contribution in [2.45, 2.75) is 52.6 Å². The summed E-state index contributed by atoms with van der Waals surface area (Å²) in [6.45, 7) is 5.62. The molecule has 0 amide bonds. The van der Waals surface area contributed by atoms with Gasteiger partial charge >= 0.3 is 5.97 Å². The maximum absolute atomic E-state index is 12.2. The van der Waals surface area contributed by atoms with Crippen LogP contribution >= 0.6 is 0 Å². The van der Waals surface area contributed by atoms with Gasteiger partial charge in [0.25, 0.3) is 0 Å². The molecule has 3 nitrogen and oxygen atoms in total. The first kappa shape index (κ1) is 14.8. The lowest BCUT2D eigenvalue weighted by Gasteiger charge is -2.18. The lowest BCUT2D eigenvalue weighted by atomic mass is 9.83. The smallest absolute Gasteiger partial charge is 0.306 e. The maximum atomic E-state index is 12.2. The lowest BCUT2D eigenvalue weighted by molar-refractivity contribution is -0.141. The van der Waals surface area contributed by atoms with Crippen LogP contribution in [0, 0.1) is 29.1 Å². The minimum Gasteiger partial charge on any atom is -0.462 e. The lowest BCUT2D eigenvalue weighted by Crippen LogP contribution is -2.22. The van der Waals surface area contributed by atoms with E-state index in [9.17, 15) is 9.59 Å². The molecule has 1 aliphatic heterocycles. The maximum Gasteiger partial charge on any atom is 0.306 e. The van der Waals surface area contributed by atoms with E-state index in [1.165, 1.54) is 0 Å². The van der Waals surface area contributed by atoms with E-state index in [1.54, 1.807) is 13.0 Å². The third-order valence-electron chi connectivity index (χ3n) is 4.37. The fourth-order valence-electron chi connectivity index (χ4n) is 2.97. The highest BCUT2D eigenvalue weighted by Crippen LogP contribution is 2.41. The molecule has 2 rings (SSSR count). The van der Waals surface area contributed by atoms with Crippen LogP contribution in [0.1, 0.15) is 46.5 Å². The molecule has 0 aromatic rings. The van der Waals surface area contributed by atoms with Gasteiger partial charge in [0, 0.05) is 17.8 Å². The number of rotatable bonds is 4. The van der Waals surface area contributed by atoms with Gasteiger partial charge in [0.1, 0.15) is 6.10 Å². The molecule has 1 saturated carbocycles. The van der Waals surface area contributed by atoms with Crippen molar-refractivity contribution in [2.24, 2.45) is 17.3 Å². The Labute approximate surface area is 120 Å². The fraction of sp³-hybridized carbons (Fsp3) is 0.647. The van der Waals surface area contributed by atoms with Gasteiger partial charge in [0.2, 0.25) is 0 Å². The van der Waals surface area contributed by atoms with Gasteiger partial charge in [-0.1, -0.05) is 19.9 Å². The number of carbonyl (C=O) groups excluding carboxylic acids is 2. The van der Waals surface area contributed by atoms with E-state index < -0.39 is 5.41 Å². The highest BCUT2D eigenvalue weighted by Gasteiger charge is 2.43. The highest BCUT2D eigenvalue weighted by atomic mass is 16.5. The second kappa shape index (κ2) is 5.83. The number of esters is 1. The van der Waals surface area contributed by atoms with Gasteiger partial charge in [0.05, 0.1) is 6.42 Å². The topological polar surface area (TPSA) is 43.4 Å². The molecular formula is C17H22O3. The average molecular weight is 274 g/mol. The zero-order valence-corrected chi connectivity index (χ0v) is 12.4. The minimum atomic E-state index is -0.445. The van der Waals surface area contributed by atoms with Gasteiger partial charge in [-0.3, -0.25) is 9.59 Å². The molecule has 1 aliphatic carbocycles. The summed E-state index contributed by atoms with van der Waals surface area (Å²) in [5.41, 5.74) is -0.445. The Kier molecular flexibility index (Phi) is 4.32. The Morgan fingerprint density at radius 3 is 2.90 bits per heavy atom. The van der Waals surface area contributed by atoms with Crippen LogP contribution in [-0.4, -0.2) is 17.9 Å². The Balaban J connectivity index is 1.97. The van der Waals surface area contributed by atoms with Crippen molar-refractivity contribution in [1.82, 2.24) is 0 Å². The van der Waals surface area contributed by atoms with Gasteiger partial charge in [0.15, 0.2) is 5.78 Å². The van der Waals surface area contributed by atoms with Crippen LogP contribution in [0.2, 0.25) is 0 Å². The largest absolute Gasteiger partial charge is 0.462 e. The number of fused-ring (bicyclic) bond motifs is 1. The van der Waals surface area contributed by atoms with Crippen LogP contribution in [0.5, 0.6) is 0 Å². The van der Waals surface area contributed by atoms with Crippen LogP contribution in [0.15, 0.2) is 12.2 Å². The minimum absolute atomic E-state index is 0.0752. The zero-order valence-electron chi connectivity index (χ0n) is 12.4. The van der Waals surface area contributed by atoms with Crippen LogP contribution in [0.25, 0.3) is 0 Å². The van der Waals surface area contributed by atoms with Crippen molar-refractivity contribution in [3.05, 3.63) is 12.2 Å². The number of carbonyl (C=O) groups is 2. The van der Waals surface area contributed by atoms with Gasteiger partial charge in [-0.15, -0.1) is 11.8 Å². The van der Waals surface area contributed by atoms with Crippen molar-refractivity contribution in [3.8, 4) is 11.8 Å². The number of ketones is 1.